The van der Waals surface area contributed by atoms with Crippen LogP contribution in [0, 0.1) is 6.92 Å². The van der Waals surface area contributed by atoms with E-state index in [4.69, 9.17) is 0 Å². The third kappa shape index (κ3) is 5.21. The van der Waals surface area contributed by atoms with Gasteiger partial charge >= 0.3 is 12.4 Å². The lowest BCUT2D eigenvalue weighted by molar-refractivity contribution is -0.660. The molecule has 0 bridgehead atoms. The second-order valence-electron chi connectivity index (χ2n) is 9.56. The van der Waals surface area contributed by atoms with Gasteiger partial charge in [-0.15, -0.1) is 0 Å². The summed E-state index contributed by atoms with van der Waals surface area (Å²) in [4.78, 5) is 0. The Morgan fingerprint density at radius 2 is 0.971 bits per heavy atom. The van der Waals surface area contributed by atoms with Crippen molar-refractivity contribution < 1.29 is 35.5 Å². The van der Waals surface area contributed by atoms with Crippen molar-refractivity contribution in [2.24, 2.45) is 14.1 Å². The van der Waals surface area contributed by atoms with Crippen molar-refractivity contribution in [1.82, 2.24) is 0 Å². The first-order valence-electron chi connectivity index (χ1n) is 11.4. The van der Waals surface area contributed by atoms with Crippen molar-refractivity contribution >= 4 is 0 Å². The van der Waals surface area contributed by atoms with Gasteiger partial charge in [0.05, 0.1) is 22.3 Å². The highest BCUT2D eigenvalue weighted by molar-refractivity contribution is 5.80. The molecule has 0 saturated carbocycles. The third-order valence-corrected chi connectivity index (χ3v) is 6.38. The summed E-state index contributed by atoms with van der Waals surface area (Å²) in [6, 6.07) is 7.12. The minimum Gasteiger partial charge on any atom is -0.201 e. The first-order chi connectivity index (χ1) is 16.0. The van der Waals surface area contributed by atoms with Crippen molar-refractivity contribution in [1.29, 1.82) is 0 Å². The Hall–Kier alpha value is -2.90. The zero-order chi connectivity index (χ0) is 26.5. The van der Waals surface area contributed by atoms with Gasteiger partial charge in [-0.25, -0.2) is 9.13 Å². The van der Waals surface area contributed by atoms with Gasteiger partial charge < -0.3 is 0 Å². The molecule has 0 amide bonds. The highest BCUT2D eigenvalue weighted by Gasteiger charge is 2.44. The Balaban J connectivity index is 2.57. The van der Waals surface area contributed by atoms with E-state index in [-0.39, 0.29) is 46.0 Å². The number of halogens is 6. The zero-order valence-corrected chi connectivity index (χ0v) is 20.9. The molecule has 3 rings (SSSR count). The zero-order valence-electron chi connectivity index (χ0n) is 20.9. The fourth-order valence-electron chi connectivity index (χ4n) is 4.31. The first kappa shape index (κ1) is 26.7. The number of benzene rings is 1. The Morgan fingerprint density at radius 3 is 1.26 bits per heavy atom. The summed E-state index contributed by atoms with van der Waals surface area (Å²) in [5.41, 5.74) is -1.17. The minimum absolute atomic E-state index is 0.0269. The largest absolute Gasteiger partial charge is 0.417 e. The molecule has 0 saturated heterocycles. The molecule has 3 aromatic rings. The number of rotatable bonds is 4. The maximum Gasteiger partial charge on any atom is 0.417 e. The van der Waals surface area contributed by atoms with Crippen LogP contribution in [0.5, 0.6) is 0 Å². The molecule has 0 aliphatic carbocycles. The van der Waals surface area contributed by atoms with Gasteiger partial charge in [0.15, 0.2) is 12.4 Å². The number of hydrogen-bond donors (Lipinski definition) is 0. The normalized spacial score (nSPS) is 12.7. The average Bonchev–Trinajstić information content (AvgIpc) is 2.72. The number of aryl methyl sites for hydroxylation is 2. The molecule has 0 radical (unpaired) electrons. The van der Waals surface area contributed by atoms with Gasteiger partial charge in [0.25, 0.3) is 0 Å². The Labute approximate surface area is 201 Å². The summed E-state index contributed by atoms with van der Waals surface area (Å²) in [6.07, 6.45) is -6.69. The maximum atomic E-state index is 14.3. The van der Waals surface area contributed by atoms with Crippen LogP contribution in [0.25, 0.3) is 22.5 Å². The Bertz CT molecular complexity index is 1160. The van der Waals surface area contributed by atoms with Gasteiger partial charge in [0.2, 0.25) is 11.4 Å². The molecule has 0 aliphatic rings. The van der Waals surface area contributed by atoms with E-state index < -0.39 is 23.5 Å². The van der Waals surface area contributed by atoms with E-state index in [1.807, 2.05) is 27.7 Å². The minimum atomic E-state index is -4.98. The molecule has 0 spiro atoms. The van der Waals surface area contributed by atoms with Gasteiger partial charge in [-0.3, -0.25) is 0 Å². The van der Waals surface area contributed by atoms with Crippen molar-refractivity contribution in [3.05, 3.63) is 70.5 Å². The topological polar surface area (TPSA) is 7.76 Å². The summed E-state index contributed by atoms with van der Waals surface area (Å²) in [7, 11) is 3.19. The van der Waals surface area contributed by atoms with Crippen molar-refractivity contribution in [2.75, 3.05) is 0 Å². The monoisotopic (exact) mass is 496 g/mol. The molecule has 0 aliphatic heterocycles. The van der Waals surface area contributed by atoms with E-state index in [1.165, 1.54) is 16.1 Å². The number of aromatic nitrogens is 2. The smallest absolute Gasteiger partial charge is 0.201 e. The van der Waals surface area contributed by atoms with E-state index >= 15 is 0 Å². The van der Waals surface area contributed by atoms with Gasteiger partial charge in [-0.1, -0.05) is 27.7 Å². The van der Waals surface area contributed by atoms with Crippen molar-refractivity contribution in [3.8, 4) is 22.5 Å². The van der Waals surface area contributed by atoms with Gasteiger partial charge in [-0.05, 0) is 41.5 Å². The predicted molar refractivity (Wildman–Crippen MR) is 123 cm³/mol. The molecule has 2 aromatic heterocycles. The maximum absolute atomic E-state index is 14.3. The van der Waals surface area contributed by atoms with Crippen molar-refractivity contribution in [2.45, 2.75) is 58.8 Å². The lowest BCUT2D eigenvalue weighted by Crippen LogP contribution is -2.34. The molecule has 8 heteroatoms. The second-order valence-corrected chi connectivity index (χ2v) is 9.56. The molecular formula is C27H30F6N2+2. The molecule has 0 fully saturated rings. The van der Waals surface area contributed by atoms with Crippen LogP contribution in [-0.4, -0.2) is 0 Å². The number of alkyl halides is 6. The number of nitrogens with zero attached hydrogens (tertiary/aromatic N) is 2. The van der Waals surface area contributed by atoms with E-state index in [0.717, 1.165) is 11.1 Å². The third-order valence-electron chi connectivity index (χ3n) is 6.38. The molecule has 0 N–H and O–H groups in total. The second kappa shape index (κ2) is 9.28. The lowest BCUT2D eigenvalue weighted by atomic mass is 9.86. The van der Waals surface area contributed by atoms with Crippen molar-refractivity contribution in [3.63, 3.8) is 0 Å². The van der Waals surface area contributed by atoms with E-state index in [1.54, 1.807) is 50.8 Å². The van der Waals surface area contributed by atoms with Crippen LogP contribution in [0.3, 0.4) is 0 Å². The number of pyridine rings is 2. The van der Waals surface area contributed by atoms with Gasteiger partial charge in [0, 0.05) is 24.3 Å². The Morgan fingerprint density at radius 1 is 0.629 bits per heavy atom. The van der Waals surface area contributed by atoms with Crippen LogP contribution in [0.15, 0.2) is 42.7 Å². The summed E-state index contributed by atoms with van der Waals surface area (Å²) in [5.74, 6) is 0.0538. The summed E-state index contributed by atoms with van der Waals surface area (Å²) in [6.45, 7) is 8.98. The summed E-state index contributed by atoms with van der Waals surface area (Å²) in [5, 5.41) is 0. The van der Waals surface area contributed by atoms with Gasteiger partial charge in [0.1, 0.15) is 14.1 Å². The quantitative estimate of drug-likeness (QED) is 0.265. The lowest BCUT2D eigenvalue weighted by Gasteiger charge is -2.22. The highest BCUT2D eigenvalue weighted by Crippen LogP contribution is 2.47. The first-order valence-corrected chi connectivity index (χ1v) is 11.4. The van der Waals surface area contributed by atoms with Crippen LogP contribution in [-0.2, 0) is 26.4 Å². The van der Waals surface area contributed by atoms with Crippen LogP contribution >= 0.6 is 0 Å². The molecule has 0 unspecified atom stereocenters. The molecular weight excluding hydrogens is 466 g/mol. The van der Waals surface area contributed by atoms with Crippen LogP contribution < -0.4 is 9.13 Å². The molecule has 0 atom stereocenters. The molecule has 2 heterocycles. The van der Waals surface area contributed by atoms with Crippen LogP contribution in [0.2, 0.25) is 0 Å². The van der Waals surface area contributed by atoms with Crippen LogP contribution in [0.1, 0.15) is 67.3 Å². The standard InChI is InChI=1S/C27H30F6N2/c1-15(2)18-8-10-34(6)22(12-18)24-17(5)25(23-13-19(16(3)4)9-11-35(23)7)21(27(31,32)33)14-20(24)26(28,29)30/h8-16H,1-7H3/q+2. The molecule has 1 aromatic carbocycles. The highest BCUT2D eigenvalue weighted by atomic mass is 19.4. The molecule has 188 valence electrons. The average molecular weight is 497 g/mol. The predicted octanol–water partition coefficient (Wildman–Crippen LogP) is 7.26. The Kier molecular flexibility index (Phi) is 7.08. The molecule has 2 nitrogen and oxygen atoms in total. The summed E-state index contributed by atoms with van der Waals surface area (Å²) >= 11 is 0. The molecule has 35 heavy (non-hydrogen) atoms. The van der Waals surface area contributed by atoms with E-state index in [0.29, 0.717) is 0 Å². The van der Waals surface area contributed by atoms with E-state index in [2.05, 4.69) is 0 Å². The SMILES string of the molecule is Cc1c(-c2cc(C(C)C)cc[n+]2C)c(C(F)(F)F)cc(C(F)(F)F)c1-c1cc(C(C)C)cc[n+]1C. The summed E-state index contributed by atoms with van der Waals surface area (Å²) < 4.78 is 88.7. The fourth-order valence-corrected chi connectivity index (χ4v) is 4.31. The van der Waals surface area contributed by atoms with Crippen LogP contribution in [0.4, 0.5) is 26.3 Å². The fraction of sp³-hybridized carbons (Fsp3) is 0.407. The number of hydrogen-bond acceptors (Lipinski definition) is 0. The van der Waals surface area contributed by atoms with E-state index in [9.17, 15) is 26.3 Å². The van der Waals surface area contributed by atoms with Gasteiger partial charge in [-0.2, -0.15) is 26.3 Å².